The van der Waals surface area contributed by atoms with E-state index in [1.807, 2.05) is 0 Å². The molecule has 6 heteroatoms. The van der Waals surface area contributed by atoms with Gasteiger partial charge in [0.05, 0.1) is 13.2 Å². The molecule has 0 amide bonds. The molecule has 0 aromatic carbocycles. The van der Waals surface area contributed by atoms with Gasteiger partial charge in [-0.1, -0.05) is 0 Å². The molecule has 1 fully saturated rings. The topological polar surface area (TPSA) is 82.1 Å². The lowest BCUT2D eigenvalue weighted by molar-refractivity contribution is -0.279. The highest BCUT2D eigenvalue weighted by Crippen LogP contribution is 2.19. The first kappa shape index (κ1) is 9.94. The molecule has 0 atom stereocenters. The van der Waals surface area contributed by atoms with Gasteiger partial charge in [-0.25, -0.2) is 4.79 Å². The number of carbonyl (C=O) groups is 2. The van der Waals surface area contributed by atoms with Crippen molar-refractivity contribution in [1.29, 1.82) is 0 Å². The fourth-order valence-electron chi connectivity index (χ4n) is 0.874. The summed E-state index contributed by atoms with van der Waals surface area (Å²) in [6.45, 7) is 1.64. The van der Waals surface area contributed by atoms with Gasteiger partial charge in [-0.15, -0.1) is 0 Å². The summed E-state index contributed by atoms with van der Waals surface area (Å²) in [4.78, 5) is 20.5. The van der Waals surface area contributed by atoms with E-state index in [0.717, 1.165) is 0 Å². The molecule has 1 saturated heterocycles. The second-order valence-electron chi connectivity index (χ2n) is 2.73. The average molecular weight is 190 g/mol. The maximum absolute atomic E-state index is 10.6. The molecule has 0 saturated carbocycles. The number of carboxylic acid groups (broad SMARTS) is 1. The van der Waals surface area contributed by atoms with Gasteiger partial charge in [-0.2, -0.15) is 0 Å². The second-order valence-corrected chi connectivity index (χ2v) is 2.73. The van der Waals surface area contributed by atoms with Gasteiger partial charge in [0, 0.05) is 6.92 Å². The quantitative estimate of drug-likeness (QED) is 0.597. The first-order chi connectivity index (χ1) is 6.08. The Labute approximate surface area is 74.4 Å². The number of carbonyl (C=O) groups excluding carboxylic acids is 1. The van der Waals surface area contributed by atoms with Crippen molar-refractivity contribution in [2.75, 3.05) is 13.2 Å². The molecule has 0 bridgehead atoms. The zero-order valence-corrected chi connectivity index (χ0v) is 7.06. The second kappa shape index (κ2) is 3.71. The fraction of sp³-hybridized carbons (Fsp3) is 0.714. The maximum Gasteiger partial charge on any atom is 0.364 e. The Morgan fingerprint density at radius 3 is 2.54 bits per heavy atom. The normalized spacial score (nSPS) is 33.8. The third kappa shape index (κ3) is 2.16. The van der Waals surface area contributed by atoms with Crippen LogP contribution in [0.15, 0.2) is 0 Å². The van der Waals surface area contributed by atoms with E-state index < -0.39 is 17.9 Å². The Morgan fingerprint density at radius 2 is 2.15 bits per heavy atom. The molecule has 13 heavy (non-hydrogen) atoms. The van der Waals surface area contributed by atoms with Crippen LogP contribution < -0.4 is 0 Å². The van der Waals surface area contributed by atoms with Gasteiger partial charge in [0.1, 0.15) is 6.10 Å². The molecule has 0 aromatic heterocycles. The van der Waals surface area contributed by atoms with Crippen LogP contribution in [0.25, 0.3) is 0 Å². The Balaban J connectivity index is 2.46. The molecule has 0 unspecified atom stereocenters. The molecule has 1 N–H and O–H groups in total. The van der Waals surface area contributed by atoms with Crippen LogP contribution in [0, 0.1) is 0 Å². The van der Waals surface area contributed by atoms with Crippen LogP contribution in [-0.2, 0) is 23.8 Å². The zero-order chi connectivity index (χ0) is 9.90. The fourth-order valence-corrected chi connectivity index (χ4v) is 0.874. The third-order valence-corrected chi connectivity index (χ3v) is 1.73. The molecule has 0 aliphatic carbocycles. The van der Waals surface area contributed by atoms with Gasteiger partial charge >= 0.3 is 5.97 Å². The van der Waals surface area contributed by atoms with E-state index in [2.05, 4.69) is 4.74 Å². The minimum absolute atomic E-state index is 0.0293. The van der Waals surface area contributed by atoms with Crippen molar-refractivity contribution >= 4 is 12.4 Å². The van der Waals surface area contributed by atoms with Crippen molar-refractivity contribution in [3.8, 4) is 0 Å². The number of aliphatic carboxylic acids is 1. The third-order valence-electron chi connectivity index (χ3n) is 1.73. The molecule has 1 aliphatic rings. The summed E-state index contributed by atoms with van der Waals surface area (Å²) in [5, 5.41) is 8.65. The predicted molar refractivity (Wildman–Crippen MR) is 38.9 cm³/mol. The van der Waals surface area contributed by atoms with Crippen LogP contribution in [0.5, 0.6) is 0 Å². The highest BCUT2D eigenvalue weighted by molar-refractivity contribution is 5.75. The van der Waals surface area contributed by atoms with Gasteiger partial charge in [0.15, 0.2) is 0 Å². The van der Waals surface area contributed by atoms with E-state index in [9.17, 15) is 9.59 Å². The van der Waals surface area contributed by atoms with Gasteiger partial charge in [0.2, 0.25) is 0 Å². The number of ether oxygens (including phenoxy) is 3. The van der Waals surface area contributed by atoms with Gasteiger partial charge in [0.25, 0.3) is 12.3 Å². The molecule has 0 spiro atoms. The molecule has 6 nitrogen and oxygen atoms in total. The van der Waals surface area contributed by atoms with Gasteiger partial charge < -0.3 is 19.3 Å². The molecule has 1 rings (SSSR count). The molecule has 1 heterocycles. The summed E-state index contributed by atoms with van der Waals surface area (Å²) in [5.41, 5.74) is 0. The van der Waals surface area contributed by atoms with Crippen LogP contribution in [0.3, 0.4) is 0 Å². The van der Waals surface area contributed by atoms with Crippen LogP contribution in [-0.4, -0.2) is 42.7 Å². The smallest absolute Gasteiger partial charge is 0.364 e. The number of hydrogen-bond donors (Lipinski definition) is 1. The Kier molecular flexibility index (Phi) is 2.84. The summed E-state index contributed by atoms with van der Waals surface area (Å²) in [6.07, 6.45) is -0.523. The predicted octanol–water partition coefficient (Wildman–Crippen LogP) is -0.624. The SMILES string of the molecule is CC1(C(=O)O)OCC(OC=O)CO1. The summed E-state index contributed by atoms with van der Waals surface area (Å²) in [7, 11) is 0. The van der Waals surface area contributed by atoms with E-state index in [-0.39, 0.29) is 19.7 Å². The number of hydrogen-bond acceptors (Lipinski definition) is 5. The Bertz CT molecular complexity index is 205. The Morgan fingerprint density at radius 1 is 1.62 bits per heavy atom. The van der Waals surface area contributed by atoms with E-state index in [0.29, 0.717) is 0 Å². The lowest BCUT2D eigenvalue weighted by Crippen LogP contribution is -2.50. The number of carboxylic acids is 1. The standard InChI is InChI=1S/C7H10O6/c1-7(6(9)10)12-2-5(3-13-7)11-4-8/h4-5H,2-3H2,1H3,(H,9,10). The van der Waals surface area contributed by atoms with Crippen LogP contribution >= 0.6 is 0 Å². The van der Waals surface area contributed by atoms with Crippen molar-refractivity contribution in [3.63, 3.8) is 0 Å². The maximum atomic E-state index is 10.6. The molecular formula is C7H10O6. The summed E-state index contributed by atoms with van der Waals surface area (Å²) >= 11 is 0. The van der Waals surface area contributed by atoms with E-state index >= 15 is 0 Å². The van der Waals surface area contributed by atoms with Gasteiger partial charge in [-0.3, -0.25) is 4.79 Å². The van der Waals surface area contributed by atoms with Crippen LogP contribution in [0.4, 0.5) is 0 Å². The lowest BCUT2D eigenvalue weighted by Gasteiger charge is -2.33. The molecule has 0 radical (unpaired) electrons. The van der Waals surface area contributed by atoms with E-state index in [1.54, 1.807) is 0 Å². The van der Waals surface area contributed by atoms with E-state index in [4.69, 9.17) is 14.6 Å². The summed E-state index contributed by atoms with van der Waals surface area (Å²) in [6, 6.07) is 0. The largest absolute Gasteiger partial charge is 0.477 e. The van der Waals surface area contributed by atoms with Crippen molar-refractivity contribution in [2.45, 2.75) is 18.8 Å². The minimum atomic E-state index is -1.62. The number of rotatable bonds is 3. The highest BCUT2D eigenvalue weighted by atomic mass is 16.7. The minimum Gasteiger partial charge on any atom is -0.477 e. The zero-order valence-electron chi connectivity index (χ0n) is 7.06. The average Bonchev–Trinajstić information content (AvgIpc) is 2.09. The molecule has 1 aliphatic heterocycles. The molecule has 0 aromatic rings. The van der Waals surface area contributed by atoms with Crippen molar-refractivity contribution in [2.24, 2.45) is 0 Å². The van der Waals surface area contributed by atoms with Crippen molar-refractivity contribution in [1.82, 2.24) is 0 Å². The molecular weight excluding hydrogens is 180 g/mol. The van der Waals surface area contributed by atoms with Gasteiger partial charge in [-0.05, 0) is 0 Å². The first-order valence-corrected chi connectivity index (χ1v) is 3.69. The molecule has 74 valence electrons. The van der Waals surface area contributed by atoms with Crippen LogP contribution in [0.2, 0.25) is 0 Å². The monoisotopic (exact) mass is 190 g/mol. The van der Waals surface area contributed by atoms with E-state index in [1.165, 1.54) is 6.92 Å². The lowest BCUT2D eigenvalue weighted by atomic mass is 10.2. The summed E-state index contributed by atoms with van der Waals surface area (Å²) in [5.74, 6) is -2.82. The first-order valence-electron chi connectivity index (χ1n) is 3.69. The Hall–Kier alpha value is -1.14. The van der Waals surface area contributed by atoms with Crippen molar-refractivity contribution < 1.29 is 28.9 Å². The summed E-state index contributed by atoms with van der Waals surface area (Å²) < 4.78 is 14.3. The highest BCUT2D eigenvalue weighted by Gasteiger charge is 2.40. The van der Waals surface area contributed by atoms with Crippen LogP contribution in [0.1, 0.15) is 6.92 Å². The van der Waals surface area contributed by atoms with Crippen molar-refractivity contribution in [3.05, 3.63) is 0 Å².